The predicted octanol–water partition coefficient (Wildman–Crippen LogP) is 4.16. The van der Waals surface area contributed by atoms with Crippen molar-refractivity contribution in [2.45, 2.75) is 38.0 Å². The van der Waals surface area contributed by atoms with E-state index in [0.717, 1.165) is 23.1 Å². The van der Waals surface area contributed by atoms with Crippen molar-refractivity contribution in [1.82, 2.24) is 5.32 Å². The summed E-state index contributed by atoms with van der Waals surface area (Å²) in [5.41, 5.74) is 3.70. The summed E-state index contributed by atoms with van der Waals surface area (Å²) in [5.74, 6) is 0.166. The number of carbonyl (C=O) groups excluding carboxylic acids is 1. The maximum Gasteiger partial charge on any atom is 0.252 e. The van der Waals surface area contributed by atoms with Gasteiger partial charge in [0.1, 0.15) is 12.5 Å². The van der Waals surface area contributed by atoms with Gasteiger partial charge in [0.05, 0.1) is 6.04 Å². The average molecular weight is 355 g/mol. The molecule has 3 atom stereocenters. The van der Waals surface area contributed by atoms with Gasteiger partial charge in [0.25, 0.3) is 5.91 Å². The molecule has 0 aromatic heterocycles. The first-order valence-electron chi connectivity index (χ1n) is 8.64. The Hall–Kier alpha value is -2.14. The number of fused-ring (bicyclic) bond motifs is 2. The fourth-order valence-electron chi connectivity index (χ4n) is 4.17. The zero-order valence-corrected chi connectivity index (χ0v) is 15.0. The second kappa shape index (κ2) is 5.99. The minimum Gasteiger partial charge on any atom is -0.508 e. The van der Waals surface area contributed by atoms with Crippen LogP contribution in [0.2, 0.25) is 25.0 Å². The lowest BCUT2D eigenvalue weighted by molar-refractivity contribution is 0.0951. The van der Waals surface area contributed by atoms with Crippen molar-refractivity contribution in [1.29, 1.82) is 0 Å². The van der Waals surface area contributed by atoms with E-state index in [4.69, 9.17) is 11.6 Å². The Kier molecular flexibility index (Phi) is 3.91. The number of hydrogen-bond acceptors (Lipinski definition) is 3. The zero-order chi connectivity index (χ0) is 17.7. The molecule has 25 heavy (non-hydrogen) atoms. The molecule has 2 aliphatic heterocycles. The highest BCUT2D eigenvalue weighted by molar-refractivity contribution is 6.56. The molecule has 0 saturated carbocycles. The van der Waals surface area contributed by atoms with Crippen molar-refractivity contribution in [3.63, 3.8) is 0 Å². The van der Waals surface area contributed by atoms with Crippen LogP contribution in [-0.2, 0) is 0 Å². The zero-order valence-electron chi connectivity index (χ0n) is 14.2. The van der Waals surface area contributed by atoms with Gasteiger partial charge in [0.15, 0.2) is 0 Å². The molecule has 2 aromatic carbocycles. The second-order valence-electron chi connectivity index (χ2n) is 7.36. The fourth-order valence-corrected chi connectivity index (χ4v) is 4.35. The summed E-state index contributed by atoms with van der Waals surface area (Å²) < 4.78 is 0. The Morgan fingerprint density at radius 2 is 1.92 bits per heavy atom. The molecular weight excluding hydrogens is 334 g/mol. The summed E-state index contributed by atoms with van der Waals surface area (Å²) in [6.07, 6.45) is 0.984. The third kappa shape index (κ3) is 2.76. The number of anilines is 1. The summed E-state index contributed by atoms with van der Waals surface area (Å²) >= 11 is 6.25. The first kappa shape index (κ1) is 16.3. The van der Waals surface area contributed by atoms with E-state index in [1.165, 1.54) is 0 Å². The van der Waals surface area contributed by atoms with Crippen LogP contribution in [0.1, 0.15) is 33.4 Å². The monoisotopic (exact) mass is 354 g/mol. The number of rotatable bonds is 3. The van der Waals surface area contributed by atoms with Crippen LogP contribution in [0.25, 0.3) is 0 Å². The van der Waals surface area contributed by atoms with Gasteiger partial charge in [-0.3, -0.25) is 4.79 Å². The van der Waals surface area contributed by atoms with Crippen molar-refractivity contribution < 1.29 is 9.90 Å². The number of halogens is 1. The van der Waals surface area contributed by atoms with Crippen molar-refractivity contribution >= 4 is 29.9 Å². The lowest BCUT2D eigenvalue weighted by Gasteiger charge is -2.27. The quantitative estimate of drug-likeness (QED) is 0.725. The van der Waals surface area contributed by atoms with Crippen LogP contribution in [0.5, 0.6) is 5.75 Å². The SMILES string of the molecule is CB(C)CC1Nc2ccc(Cl)cc2C1C1NC(=O)c2ccc(O)cc21. The molecule has 0 fully saturated rings. The normalized spacial score (nSPS) is 23.6. The van der Waals surface area contributed by atoms with Gasteiger partial charge >= 0.3 is 0 Å². The first-order chi connectivity index (χ1) is 11.9. The standard InChI is InChI=1S/C19H20BClN2O2/c1-20(2)9-16-17(14-7-10(21)3-6-15(14)22-16)18-13-8-11(24)4-5-12(13)19(25)23-18/h3-8,16-18,22,24H,9H2,1-2H3,(H,23,25). The molecule has 128 valence electrons. The molecule has 3 unspecified atom stereocenters. The number of amides is 1. The van der Waals surface area contributed by atoms with E-state index in [2.05, 4.69) is 24.3 Å². The molecule has 0 aliphatic carbocycles. The molecule has 0 bridgehead atoms. The van der Waals surface area contributed by atoms with E-state index in [1.807, 2.05) is 18.2 Å². The molecule has 4 nitrogen and oxygen atoms in total. The molecule has 2 aliphatic rings. The second-order valence-corrected chi connectivity index (χ2v) is 7.80. The molecule has 3 N–H and O–H groups in total. The number of aromatic hydroxyl groups is 1. The minimum atomic E-state index is -0.175. The van der Waals surface area contributed by atoms with E-state index < -0.39 is 0 Å². The lowest BCUT2D eigenvalue weighted by Crippen LogP contribution is -2.33. The van der Waals surface area contributed by atoms with E-state index in [0.29, 0.717) is 17.3 Å². The van der Waals surface area contributed by atoms with E-state index in [1.54, 1.807) is 18.2 Å². The van der Waals surface area contributed by atoms with Crippen LogP contribution in [0.3, 0.4) is 0 Å². The number of carbonyl (C=O) groups is 1. The van der Waals surface area contributed by atoms with Crippen LogP contribution >= 0.6 is 11.6 Å². The highest BCUT2D eigenvalue weighted by Gasteiger charge is 2.43. The predicted molar refractivity (Wildman–Crippen MR) is 102 cm³/mol. The molecule has 0 spiro atoms. The van der Waals surface area contributed by atoms with E-state index in [9.17, 15) is 9.90 Å². The molecular formula is C19H20BClN2O2. The summed E-state index contributed by atoms with van der Waals surface area (Å²) in [6.45, 7) is 4.91. The summed E-state index contributed by atoms with van der Waals surface area (Å²) in [7, 11) is 0. The fraction of sp³-hybridized carbons (Fsp3) is 0.316. The first-order valence-corrected chi connectivity index (χ1v) is 9.01. The third-order valence-corrected chi connectivity index (χ3v) is 5.37. The average Bonchev–Trinajstić information content (AvgIpc) is 3.03. The number of hydrogen-bond donors (Lipinski definition) is 3. The molecule has 0 radical (unpaired) electrons. The van der Waals surface area contributed by atoms with Crippen molar-refractivity contribution in [2.75, 3.05) is 5.32 Å². The maximum absolute atomic E-state index is 12.4. The molecule has 1 amide bonds. The topological polar surface area (TPSA) is 61.4 Å². The highest BCUT2D eigenvalue weighted by atomic mass is 35.5. The van der Waals surface area contributed by atoms with Crippen LogP contribution in [0, 0.1) is 0 Å². The van der Waals surface area contributed by atoms with Crippen molar-refractivity contribution in [3.8, 4) is 5.75 Å². The van der Waals surface area contributed by atoms with Crippen LogP contribution in [0.15, 0.2) is 36.4 Å². The van der Waals surface area contributed by atoms with E-state index >= 15 is 0 Å². The van der Waals surface area contributed by atoms with Crippen LogP contribution < -0.4 is 10.6 Å². The van der Waals surface area contributed by atoms with Gasteiger partial charge in [-0.2, -0.15) is 0 Å². The van der Waals surface area contributed by atoms with Crippen molar-refractivity contribution in [2.24, 2.45) is 0 Å². The Labute approximate surface area is 152 Å². The molecule has 2 heterocycles. The Bertz CT molecular complexity index is 855. The highest BCUT2D eigenvalue weighted by Crippen LogP contribution is 2.48. The van der Waals surface area contributed by atoms with Gasteiger partial charge in [0.2, 0.25) is 0 Å². The minimum absolute atomic E-state index is 0.0723. The summed E-state index contributed by atoms with van der Waals surface area (Å²) in [6, 6.07) is 10.9. The van der Waals surface area contributed by atoms with Crippen LogP contribution in [-0.4, -0.2) is 23.8 Å². The summed E-state index contributed by atoms with van der Waals surface area (Å²) in [4.78, 5) is 12.4. The third-order valence-electron chi connectivity index (χ3n) is 5.13. The number of nitrogens with one attached hydrogen (secondary N) is 2. The number of phenolic OH excluding ortho intramolecular Hbond substituents is 1. The maximum atomic E-state index is 12.4. The molecule has 2 aromatic rings. The molecule has 4 rings (SSSR count). The van der Waals surface area contributed by atoms with Gasteiger partial charge in [-0.25, -0.2) is 0 Å². The van der Waals surface area contributed by atoms with E-state index in [-0.39, 0.29) is 29.7 Å². The van der Waals surface area contributed by atoms with Crippen molar-refractivity contribution in [3.05, 3.63) is 58.1 Å². The van der Waals surface area contributed by atoms with Gasteiger partial charge in [-0.05, 0) is 47.5 Å². The lowest BCUT2D eigenvalue weighted by atomic mass is 9.49. The number of benzene rings is 2. The largest absolute Gasteiger partial charge is 0.508 e. The molecule has 6 heteroatoms. The van der Waals surface area contributed by atoms with Gasteiger partial charge in [0, 0.05) is 28.2 Å². The Morgan fingerprint density at radius 1 is 1.12 bits per heavy atom. The Balaban J connectivity index is 1.81. The van der Waals surface area contributed by atoms with Crippen LogP contribution in [0.4, 0.5) is 5.69 Å². The van der Waals surface area contributed by atoms with Gasteiger partial charge in [-0.1, -0.05) is 31.6 Å². The number of phenols is 1. The summed E-state index contributed by atoms with van der Waals surface area (Å²) in [5, 5.41) is 17.3. The smallest absolute Gasteiger partial charge is 0.252 e. The molecule has 0 saturated heterocycles. The van der Waals surface area contributed by atoms with Gasteiger partial charge in [-0.15, -0.1) is 0 Å². The van der Waals surface area contributed by atoms with Gasteiger partial charge < -0.3 is 15.7 Å². The Morgan fingerprint density at radius 3 is 2.68 bits per heavy atom.